The molecular formula is C32H48O4. The van der Waals surface area contributed by atoms with Gasteiger partial charge < -0.3 is 9.47 Å². The molecular weight excluding hydrogens is 448 g/mol. The van der Waals surface area contributed by atoms with Gasteiger partial charge in [-0.3, -0.25) is 9.59 Å². The van der Waals surface area contributed by atoms with Crippen LogP contribution in [0.2, 0.25) is 0 Å². The number of allylic oxidation sites excluding steroid dienone is 11. The number of carbonyl (C=O) groups excluding carboxylic acids is 2. The van der Waals surface area contributed by atoms with E-state index >= 15 is 0 Å². The number of cyclic esters (lactones) is 2. The van der Waals surface area contributed by atoms with E-state index in [4.69, 9.17) is 9.47 Å². The van der Waals surface area contributed by atoms with Crippen molar-refractivity contribution in [2.75, 3.05) is 0 Å². The van der Waals surface area contributed by atoms with Gasteiger partial charge in [0.1, 0.15) is 12.2 Å². The van der Waals surface area contributed by atoms with E-state index in [1.165, 1.54) is 0 Å². The Morgan fingerprint density at radius 1 is 0.611 bits per heavy atom. The Morgan fingerprint density at radius 2 is 1.06 bits per heavy atom. The van der Waals surface area contributed by atoms with Crippen LogP contribution in [0.4, 0.5) is 0 Å². The lowest BCUT2D eigenvalue weighted by Crippen LogP contribution is -2.17. The van der Waals surface area contributed by atoms with Crippen molar-refractivity contribution < 1.29 is 19.1 Å². The lowest BCUT2D eigenvalue weighted by atomic mass is 10.1. The SMILES string of the molecule is CCC1CC/C=C/C/C=C/C/C=C/CCC(=O)O1.CCCC1C/C=C/C/C=C/C/C=C/CCC(=O)O1. The first-order chi connectivity index (χ1) is 17.7. The summed E-state index contributed by atoms with van der Waals surface area (Å²) < 4.78 is 10.9. The average molecular weight is 497 g/mol. The fourth-order valence-corrected chi connectivity index (χ4v) is 3.75. The van der Waals surface area contributed by atoms with Crippen LogP contribution in [0.1, 0.15) is 104 Å². The van der Waals surface area contributed by atoms with Crippen LogP contribution >= 0.6 is 0 Å². The van der Waals surface area contributed by atoms with Gasteiger partial charge in [-0.25, -0.2) is 0 Å². The van der Waals surface area contributed by atoms with Gasteiger partial charge in [0.2, 0.25) is 0 Å². The van der Waals surface area contributed by atoms with Crippen molar-refractivity contribution in [1.29, 1.82) is 0 Å². The summed E-state index contributed by atoms with van der Waals surface area (Å²) in [6, 6.07) is 0. The molecule has 36 heavy (non-hydrogen) atoms. The molecule has 0 saturated carbocycles. The van der Waals surface area contributed by atoms with E-state index in [2.05, 4.69) is 86.8 Å². The number of hydrogen-bond donors (Lipinski definition) is 0. The van der Waals surface area contributed by atoms with Gasteiger partial charge in [-0.1, -0.05) is 93.2 Å². The fourth-order valence-electron chi connectivity index (χ4n) is 3.75. The Kier molecular flexibility index (Phi) is 19.9. The minimum Gasteiger partial charge on any atom is -0.462 e. The molecule has 2 rings (SSSR count). The molecule has 4 nitrogen and oxygen atoms in total. The number of hydrogen-bond acceptors (Lipinski definition) is 4. The highest BCUT2D eigenvalue weighted by molar-refractivity contribution is 5.70. The lowest BCUT2D eigenvalue weighted by molar-refractivity contribution is -0.150. The monoisotopic (exact) mass is 496 g/mol. The van der Waals surface area contributed by atoms with Crippen molar-refractivity contribution in [1.82, 2.24) is 0 Å². The molecule has 0 saturated heterocycles. The molecule has 0 aliphatic carbocycles. The number of ether oxygens (including phenoxy) is 2. The molecule has 0 N–H and O–H groups in total. The Morgan fingerprint density at radius 3 is 1.56 bits per heavy atom. The first kappa shape index (κ1) is 31.4. The topological polar surface area (TPSA) is 52.6 Å². The van der Waals surface area contributed by atoms with Crippen molar-refractivity contribution in [3.63, 3.8) is 0 Å². The van der Waals surface area contributed by atoms with Gasteiger partial charge in [0, 0.05) is 19.3 Å². The second-order valence-electron chi connectivity index (χ2n) is 9.08. The van der Waals surface area contributed by atoms with Crippen LogP contribution in [0.3, 0.4) is 0 Å². The van der Waals surface area contributed by atoms with Gasteiger partial charge in [-0.15, -0.1) is 0 Å². The van der Waals surface area contributed by atoms with Crippen molar-refractivity contribution in [3.8, 4) is 0 Å². The molecule has 0 aromatic carbocycles. The molecule has 0 aromatic heterocycles. The van der Waals surface area contributed by atoms with Gasteiger partial charge in [0.25, 0.3) is 0 Å². The van der Waals surface area contributed by atoms with E-state index in [1.54, 1.807) is 0 Å². The molecule has 2 unspecified atom stereocenters. The maximum absolute atomic E-state index is 11.6. The third-order valence-electron chi connectivity index (χ3n) is 5.84. The second-order valence-corrected chi connectivity index (χ2v) is 9.08. The lowest BCUT2D eigenvalue weighted by Gasteiger charge is -2.15. The molecule has 200 valence electrons. The van der Waals surface area contributed by atoms with Gasteiger partial charge in [0.05, 0.1) is 0 Å². The molecule has 0 aromatic rings. The molecule has 2 aliphatic heterocycles. The number of carbonyl (C=O) groups is 2. The van der Waals surface area contributed by atoms with Crippen molar-refractivity contribution in [2.24, 2.45) is 0 Å². The third-order valence-corrected chi connectivity index (χ3v) is 5.84. The highest BCUT2D eigenvalue weighted by Crippen LogP contribution is 2.12. The average Bonchev–Trinajstić information content (AvgIpc) is 2.87. The van der Waals surface area contributed by atoms with E-state index in [0.717, 1.165) is 77.0 Å². The maximum atomic E-state index is 11.6. The summed E-state index contributed by atoms with van der Waals surface area (Å²) in [5, 5.41) is 0. The van der Waals surface area contributed by atoms with Crippen LogP contribution in [-0.4, -0.2) is 24.1 Å². The highest BCUT2D eigenvalue weighted by Gasteiger charge is 2.12. The standard InChI is InChI=1S/2C16H24O2/c1-2-15-13-11-9-7-5-3-4-6-8-10-12-14-16(17)18-15;1-2-12-15-13-10-8-6-4-3-5-7-9-11-14-16(17)18-15/h2*3-4,7-10,15H,2,5-6,11-14H2,1H3/b2*4-3+,9-7+,10-8+. The van der Waals surface area contributed by atoms with Gasteiger partial charge >= 0.3 is 11.9 Å². The summed E-state index contributed by atoms with van der Waals surface area (Å²) in [5.74, 6) is -0.139. The minimum atomic E-state index is -0.0703. The van der Waals surface area contributed by atoms with Gasteiger partial charge in [-0.2, -0.15) is 0 Å². The smallest absolute Gasteiger partial charge is 0.306 e. The predicted molar refractivity (Wildman–Crippen MR) is 151 cm³/mol. The predicted octanol–water partition coefficient (Wildman–Crippen LogP) is 8.66. The maximum Gasteiger partial charge on any atom is 0.306 e. The van der Waals surface area contributed by atoms with Gasteiger partial charge in [0.15, 0.2) is 0 Å². The van der Waals surface area contributed by atoms with E-state index in [9.17, 15) is 9.59 Å². The fraction of sp³-hybridized carbons (Fsp3) is 0.562. The first-order valence-corrected chi connectivity index (χ1v) is 13.9. The van der Waals surface area contributed by atoms with E-state index in [-0.39, 0.29) is 24.1 Å². The normalized spacial score (nSPS) is 28.2. The Balaban J connectivity index is 0.000000360. The van der Waals surface area contributed by atoms with Crippen LogP contribution in [0.25, 0.3) is 0 Å². The van der Waals surface area contributed by atoms with Crippen molar-refractivity contribution in [2.45, 2.75) is 116 Å². The molecule has 2 heterocycles. The van der Waals surface area contributed by atoms with Crippen LogP contribution in [0.15, 0.2) is 72.9 Å². The molecule has 0 spiro atoms. The van der Waals surface area contributed by atoms with Crippen LogP contribution < -0.4 is 0 Å². The van der Waals surface area contributed by atoms with Crippen LogP contribution in [0.5, 0.6) is 0 Å². The largest absolute Gasteiger partial charge is 0.462 e. The summed E-state index contributed by atoms with van der Waals surface area (Å²) >= 11 is 0. The quantitative estimate of drug-likeness (QED) is 0.290. The van der Waals surface area contributed by atoms with Crippen LogP contribution in [-0.2, 0) is 19.1 Å². The van der Waals surface area contributed by atoms with E-state index < -0.39 is 0 Å². The summed E-state index contributed by atoms with van der Waals surface area (Å²) in [7, 11) is 0. The van der Waals surface area contributed by atoms with Crippen molar-refractivity contribution in [3.05, 3.63) is 72.9 Å². The summed E-state index contributed by atoms with van der Waals surface area (Å²) in [6.07, 6.45) is 37.8. The number of esters is 2. The molecule has 0 amide bonds. The van der Waals surface area contributed by atoms with Gasteiger partial charge in [-0.05, 0) is 64.2 Å². The summed E-state index contributed by atoms with van der Waals surface area (Å²) in [6.45, 7) is 4.19. The molecule has 0 radical (unpaired) electrons. The first-order valence-electron chi connectivity index (χ1n) is 13.9. The molecule has 2 aliphatic rings. The third kappa shape index (κ3) is 18.7. The summed E-state index contributed by atoms with van der Waals surface area (Å²) in [4.78, 5) is 23.2. The second kappa shape index (κ2) is 22.8. The molecule has 4 heteroatoms. The van der Waals surface area contributed by atoms with Crippen LogP contribution in [0, 0.1) is 0 Å². The number of rotatable bonds is 3. The Bertz CT molecular complexity index is 754. The summed E-state index contributed by atoms with van der Waals surface area (Å²) in [5.41, 5.74) is 0. The minimum absolute atomic E-state index is 0.0506. The van der Waals surface area contributed by atoms with Crippen molar-refractivity contribution >= 4 is 11.9 Å². The Hall–Kier alpha value is -2.62. The van der Waals surface area contributed by atoms with E-state index in [1.807, 2.05) is 0 Å². The molecule has 0 bridgehead atoms. The zero-order chi connectivity index (χ0) is 26.1. The zero-order valence-electron chi connectivity index (χ0n) is 22.6. The van der Waals surface area contributed by atoms with E-state index in [0.29, 0.717) is 12.8 Å². The molecule has 2 atom stereocenters. The highest BCUT2D eigenvalue weighted by atomic mass is 16.5. The Labute approximate surface area is 219 Å². The zero-order valence-corrected chi connectivity index (χ0v) is 22.6. The molecule has 0 fully saturated rings.